The predicted molar refractivity (Wildman–Crippen MR) is 75.2 cm³/mol. The van der Waals surface area contributed by atoms with Crippen molar-refractivity contribution < 1.29 is 4.74 Å². The van der Waals surface area contributed by atoms with Gasteiger partial charge in [0.1, 0.15) is 11.9 Å². The number of aryl methyl sites for hydroxylation is 2. The average Bonchev–Trinajstić information content (AvgIpc) is 2.46. The number of nitrogens with zero attached hydrogens (tertiary/aromatic N) is 2. The second-order valence-electron chi connectivity index (χ2n) is 4.94. The van der Waals surface area contributed by atoms with E-state index in [9.17, 15) is 5.26 Å². The average molecular weight is 259 g/mol. The number of aromatic nitrogens is 1. The maximum absolute atomic E-state index is 9.21. The summed E-state index contributed by atoms with van der Waals surface area (Å²) in [6, 6.07) is 4.26. The van der Waals surface area contributed by atoms with E-state index in [0.717, 1.165) is 44.7 Å². The Morgan fingerprint density at radius 3 is 3.00 bits per heavy atom. The van der Waals surface area contributed by atoms with Gasteiger partial charge in [0, 0.05) is 26.0 Å². The number of rotatable bonds is 6. The van der Waals surface area contributed by atoms with E-state index in [1.165, 1.54) is 24.1 Å². The normalized spacial score (nSPS) is 13.7. The first-order valence-electron chi connectivity index (χ1n) is 7.01. The number of unbranched alkanes of at least 4 members (excludes halogenated alkanes) is 1. The number of anilines is 1. The van der Waals surface area contributed by atoms with Crippen LogP contribution >= 0.6 is 0 Å². The van der Waals surface area contributed by atoms with Gasteiger partial charge in [-0.1, -0.05) is 0 Å². The van der Waals surface area contributed by atoms with Gasteiger partial charge < -0.3 is 10.1 Å². The van der Waals surface area contributed by atoms with Gasteiger partial charge in [0.2, 0.25) is 0 Å². The molecule has 1 N–H and O–H groups in total. The Morgan fingerprint density at radius 2 is 2.21 bits per heavy atom. The second kappa shape index (κ2) is 7.10. The number of ether oxygens (including phenoxy) is 1. The van der Waals surface area contributed by atoms with E-state index in [1.54, 1.807) is 7.11 Å². The molecule has 0 fully saturated rings. The van der Waals surface area contributed by atoms with Gasteiger partial charge in [-0.2, -0.15) is 5.26 Å². The van der Waals surface area contributed by atoms with Gasteiger partial charge >= 0.3 is 0 Å². The summed E-state index contributed by atoms with van der Waals surface area (Å²) in [7, 11) is 1.71. The molecule has 1 aliphatic rings. The predicted octanol–water partition coefficient (Wildman–Crippen LogP) is 2.67. The highest BCUT2D eigenvalue weighted by Crippen LogP contribution is 2.24. The van der Waals surface area contributed by atoms with Crippen LogP contribution in [0.2, 0.25) is 0 Å². The Morgan fingerprint density at radius 1 is 1.37 bits per heavy atom. The molecule has 1 heterocycles. The Balaban J connectivity index is 2.01. The van der Waals surface area contributed by atoms with E-state index >= 15 is 0 Å². The summed E-state index contributed by atoms with van der Waals surface area (Å²) in [6.07, 6.45) is 6.57. The molecular weight excluding hydrogens is 238 g/mol. The summed E-state index contributed by atoms with van der Waals surface area (Å²) < 4.78 is 5.02. The first-order valence-corrected chi connectivity index (χ1v) is 7.01. The summed E-state index contributed by atoms with van der Waals surface area (Å²) in [4.78, 5) is 4.64. The van der Waals surface area contributed by atoms with Crippen molar-refractivity contribution in [3.05, 3.63) is 22.9 Å². The van der Waals surface area contributed by atoms with Gasteiger partial charge in [-0.15, -0.1) is 0 Å². The van der Waals surface area contributed by atoms with Crippen LogP contribution in [0.3, 0.4) is 0 Å². The molecule has 0 aliphatic heterocycles. The highest BCUT2D eigenvalue weighted by molar-refractivity contribution is 5.54. The Kier molecular flexibility index (Phi) is 5.17. The molecule has 19 heavy (non-hydrogen) atoms. The van der Waals surface area contributed by atoms with Crippen LogP contribution in [0.1, 0.15) is 42.5 Å². The third kappa shape index (κ3) is 3.68. The van der Waals surface area contributed by atoms with Crippen molar-refractivity contribution in [1.82, 2.24) is 4.98 Å². The molecule has 1 aromatic heterocycles. The molecule has 2 rings (SSSR count). The van der Waals surface area contributed by atoms with Crippen molar-refractivity contribution in [3.8, 4) is 6.07 Å². The van der Waals surface area contributed by atoms with E-state index in [2.05, 4.69) is 16.4 Å². The Hall–Kier alpha value is -1.60. The van der Waals surface area contributed by atoms with Crippen molar-refractivity contribution in [2.75, 3.05) is 25.6 Å². The lowest BCUT2D eigenvalue weighted by Gasteiger charge is -2.17. The molecule has 1 aliphatic carbocycles. The highest BCUT2D eigenvalue weighted by atomic mass is 16.5. The molecule has 4 nitrogen and oxygen atoms in total. The van der Waals surface area contributed by atoms with Crippen LogP contribution in [0, 0.1) is 11.3 Å². The van der Waals surface area contributed by atoms with Crippen LogP contribution in [0.15, 0.2) is 6.07 Å². The van der Waals surface area contributed by atoms with Crippen LogP contribution in [0.4, 0.5) is 5.82 Å². The van der Waals surface area contributed by atoms with Gasteiger partial charge in [0.15, 0.2) is 0 Å². The smallest absolute Gasteiger partial charge is 0.144 e. The summed E-state index contributed by atoms with van der Waals surface area (Å²) in [5.74, 6) is 0.751. The zero-order chi connectivity index (χ0) is 13.5. The van der Waals surface area contributed by atoms with Crippen LogP contribution in [0.5, 0.6) is 0 Å². The van der Waals surface area contributed by atoms with Crippen molar-refractivity contribution in [2.45, 2.75) is 38.5 Å². The van der Waals surface area contributed by atoms with E-state index in [-0.39, 0.29) is 0 Å². The molecule has 0 amide bonds. The van der Waals surface area contributed by atoms with Crippen LogP contribution in [-0.2, 0) is 17.6 Å². The highest BCUT2D eigenvalue weighted by Gasteiger charge is 2.14. The number of nitriles is 1. The topological polar surface area (TPSA) is 57.9 Å². The van der Waals surface area contributed by atoms with E-state index < -0.39 is 0 Å². The summed E-state index contributed by atoms with van der Waals surface area (Å²) in [5, 5.41) is 12.5. The van der Waals surface area contributed by atoms with Crippen LogP contribution < -0.4 is 5.32 Å². The Bertz CT molecular complexity index is 465. The maximum atomic E-state index is 9.21. The molecule has 0 spiro atoms. The third-order valence-corrected chi connectivity index (χ3v) is 3.49. The number of fused-ring (bicyclic) bond motifs is 1. The molecule has 102 valence electrons. The lowest BCUT2D eigenvalue weighted by atomic mass is 9.95. The van der Waals surface area contributed by atoms with E-state index in [4.69, 9.17) is 4.74 Å². The number of nitrogens with one attached hydrogen (secondary N) is 1. The quantitative estimate of drug-likeness (QED) is 0.798. The van der Waals surface area contributed by atoms with Gasteiger partial charge in [0.25, 0.3) is 0 Å². The fourth-order valence-corrected chi connectivity index (χ4v) is 2.43. The fourth-order valence-electron chi connectivity index (χ4n) is 2.43. The van der Waals surface area contributed by atoms with Crippen molar-refractivity contribution in [1.29, 1.82) is 5.26 Å². The van der Waals surface area contributed by atoms with E-state index in [1.807, 2.05) is 6.07 Å². The van der Waals surface area contributed by atoms with Crippen molar-refractivity contribution >= 4 is 5.82 Å². The lowest BCUT2D eigenvalue weighted by Crippen LogP contribution is -2.11. The number of hydrogen-bond donors (Lipinski definition) is 1. The minimum Gasteiger partial charge on any atom is -0.385 e. The lowest BCUT2D eigenvalue weighted by molar-refractivity contribution is 0.194. The van der Waals surface area contributed by atoms with Crippen LogP contribution in [0.25, 0.3) is 0 Å². The minimum absolute atomic E-state index is 0.674. The molecule has 0 saturated heterocycles. The molecule has 0 unspecified atom stereocenters. The molecule has 1 aromatic rings. The van der Waals surface area contributed by atoms with Crippen molar-refractivity contribution in [3.63, 3.8) is 0 Å². The molecule has 0 bridgehead atoms. The van der Waals surface area contributed by atoms with Crippen molar-refractivity contribution in [2.24, 2.45) is 0 Å². The summed E-state index contributed by atoms with van der Waals surface area (Å²) >= 11 is 0. The molecule has 0 saturated carbocycles. The standard InChI is InChI=1S/C15H21N3O/c1-19-9-5-4-8-17-15-13(11-16)10-12-6-2-3-7-14(12)18-15/h10H,2-9H2,1H3,(H,17,18). The fraction of sp³-hybridized carbons (Fsp3) is 0.600. The molecule has 4 heteroatoms. The zero-order valence-electron chi connectivity index (χ0n) is 11.5. The largest absolute Gasteiger partial charge is 0.385 e. The van der Waals surface area contributed by atoms with Gasteiger partial charge in [-0.05, 0) is 50.2 Å². The van der Waals surface area contributed by atoms with Gasteiger partial charge in [0.05, 0.1) is 5.56 Å². The first-order chi connectivity index (χ1) is 9.35. The molecule has 0 aromatic carbocycles. The van der Waals surface area contributed by atoms with Crippen LogP contribution in [-0.4, -0.2) is 25.2 Å². The third-order valence-electron chi connectivity index (χ3n) is 3.49. The number of methoxy groups -OCH3 is 1. The minimum atomic E-state index is 0.674. The SMILES string of the molecule is COCCCCNc1nc2c(cc1C#N)CCCC2. The Labute approximate surface area is 114 Å². The first kappa shape index (κ1) is 13.8. The van der Waals surface area contributed by atoms with Gasteiger partial charge in [-0.25, -0.2) is 4.98 Å². The number of hydrogen-bond acceptors (Lipinski definition) is 4. The molecular formula is C15H21N3O. The second-order valence-corrected chi connectivity index (χ2v) is 4.94. The molecule has 0 radical (unpaired) electrons. The summed E-state index contributed by atoms with van der Waals surface area (Å²) in [6.45, 7) is 1.62. The van der Waals surface area contributed by atoms with E-state index in [0.29, 0.717) is 5.56 Å². The number of pyridine rings is 1. The monoisotopic (exact) mass is 259 g/mol. The maximum Gasteiger partial charge on any atom is 0.144 e. The van der Waals surface area contributed by atoms with Gasteiger partial charge in [-0.3, -0.25) is 0 Å². The summed E-state index contributed by atoms with van der Waals surface area (Å²) in [5.41, 5.74) is 3.10. The zero-order valence-corrected chi connectivity index (χ0v) is 11.5. The molecule has 0 atom stereocenters.